The van der Waals surface area contributed by atoms with Crippen LogP contribution in [0, 0.1) is 0 Å². The number of hydrogen-bond acceptors (Lipinski definition) is 0. The quantitative estimate of drug-likeness (QED) is 0.652. The molecular weight excluding hydrogens is 308 g/mol. The van der Waals surface area contributed by atoms with E-state index in [1.54, 1.807) is 0 Å². The van der Waals surface area contributed by atoms with Crippen LogP contribution < -0.4 is 0 Å². The van der Waals surface area contributed by atoms with Gasteiger partial charge in [0.2, 0.25) is 0 Å². The molecule has 0 nitrogen and oxygen atoms in total. The number of hydrogen-bond donors (Lipinski definition) is 0. The van der Waals surface area contributed by atoms with Crippen LogP contribution in [0.3, 0.4) is 0 Å². The van der Waals surface area contributed by atoms with Crippen molar-refractivity contribution in [3.63, 3.8) is 0 Å². The van der Waals surface area contributed by atoms with Crippen LogP contribution >= 0.6 is 15.9 Å². The van der Waals surface area contributed by atoms with Gasteiger partial charge in [0, 0.05) is 4.47 Å². The molecule has 106 valence electrons. The topological polar surface area (TPSA) is 0 Å². The van der Waals surface area contributed by atoms with Crippen molar-refractivity contribution in [3.8, 4) is 0 Å². The highest BCUT2D eigenvalue weighted by atomic mass is 79.9. The molecule has 0 atom stereocenters. The van der Waals surface area contributed by atoms with Crippen LogP contribution in [0.5, 0.6) is 0 Å². The largest absolute Gasteiger partial charge is 0.0609 e. The molecule has 0 aliphatic heterocycles. The molecule has 1 heteroatoms. The summed E-state index contributed by atoms with van der Waals surface area (Å²) in [6.07, 6.45) is 3.49. The molecule has 0 fully saturated rings. The monoisotopic (exact) mass is 330 g/mol. The van der Waals surface area contributed by atoms with Crippen LogP contribution in [0.4, 0.5) is 0 Å². The van der Waals surface area contributed by atoms with Crippen molar-refractivity contribution in [2.75, 3.05) is 0 Å². The highest BCUT2D eigenvalue weighted by Crippen LogP contribution is 2.22. The lowest BCUT2D eigenvalue weighted by atomic mass is 9.86. The molecule has 2 aromatic rings. The van der Waals surface area contributed by atoms with E-state index in [1.807, 2.05) is 0 Å². The fourth-order valence-electron chi connectivity index (χ4n) is 2.36. The fourth-order valence-corrected chi connectivity index (χ4v) is 2.81. The van der Waals surface area contributed by atoms with E-state index in [1.165, 1.54) is 27.6 Å². The van der Waals surface area contributed by atoms with Gasteiger partial charge in [-0.05, 0) is 53.5 Å². The van der Waals surface area contributed by atoms with Crippen LogP contribution in [0.2, 0.25) is 0 Å². The van der Waals surface area contributed by atoms with E-state index in [0.29, 0.717) is 0 Å². The van der Waals surface area contributed by atoms with Crippen molar-refractivity contribution in [1.29, 1.82) is 0 Å². The maximum atomic E-state index is 3.53. The number of benzene rings is 2. The van der Waals surface area contributed by atoms with Gasteiger partial charge in [-0.1, -0.05) is 73.1 Å². The van der Waals surface area contributed by atoms with Gasteiger partial charge in [-0.2, -0.15) is 0 Å². The van der Waals surface area contributed by atoms with Crippen molar-refractivity contribution in [2.24, 2.45) is 0 Å². The Labute approximate surface area is 131 Å². The van der Waals surface area contributed by atoms with E-state index in [-0.39, 0.29) is 5.41 Å². The second-order valence-electron chi connectivity index (χ2n) is 6.43. The summed E-state index contributed by atoms with van der Waals surface area (Å²) in [5.41, 5.74) is 4.50. The third-order valence-corrected chi connectivity index (χ3v) is 4.13. The van der Waals surface area contributed by atoms with Crippen LogP contribution in [-0.4, -0.2) is 0 Å². The highest BCUT2D eigenvalue weighted by molar-refractivity contribution is 9.10. The zero-order chi connectivity index (χ0) is 14.6. The molecule has 0 aliphatic rings. The lowest BCUT2D eigenvalue weighted by Crippen LogP contribution is -2.10. The van der Waals surface area contributed by atoms with E-state index in [4.69, 9.17) is 0 Å². The molecule has 0 amide bonds. The van der Waals surface area contributed by atoms with Crippen molar-refractivity contribution < 1.29 is 0 Å². The van der Waals surface area contributed by atoms with Crippen molar-refractivity contribution >= 4 is 15.9 Å². The minimum atomic E-state index is 0.245. The summed E-state index contributed by atoms with van der Waals surface area (Å²) in [7, 11) is 0. The van der Waals surface area contributed by atoms with Gasteiger partial charge in [0.05, 0.1) is 0 Å². The zero-order valence-electron chi connectivity index (χ0n) is 12.6. The molecule has 2 rings (SSSR count). The van der Waals surface area contributed by atoms with Crippen molar-refractivity contribution in [3.05, 3.63) is 69.7 Å². The van der Waals surface area contributed by atoms with Gasteiger partial charge in [-0.3, -0.25) is 0 Å². The van der Waals surface area contributed by atoms with E-state index < -0.39 is 0 Å². The lowest BCUT2D eigenvalue weighted by molar-refractivity contribution is 0.590. The Hall–Kier alpha value is -1.08. The van der Waals surface area contributed by atoms with Gasteiger partial charge in [-0.15, -0.1) is 0 Å². The fraction of sp³-hybridized carbons (Fsp3) is 0.368. The van der Waals surface area contributed by atoms with Crippen LogP contribution in [0.25, 0.3) is 0 Å². The molecule has 0 heterocycles. The van der Waals surface area contributed by atoms with Gasteiger partial charge in [0.1, 0.15) is 0 Å². The Morgan fingerprint density at radius 1 is 0.850 bits per heavy atom. The summed E-state index contributed by atoms with van der Waals surface area (Å²) in [4.78, 5) is 0. The maximum Gasteiger partial charge on any atom is 0.0177 e. The SMILES string of the molecule is CC(C)(C)c1ccc(CCCc2cccc(Br)c2)cc1. The van der Waals surface area contributed by atoms with Gasteiger partial charge in [0.25, 0.3) is 0 Å². The second kappa shape index (κ2) is 6.58. The summed E-state index contributed by atoms with van der Waals surface area (Å²) < 4.78 is 1.17. The molecule has 0 aromatic heterocycles. The zero-order valence-corrected chi connectivity index (χ0v) is 14.2. The summed E-state index contributed by atoms with van der Waals surface area (Å²) >= 11 is 3.53. The molecule has 0 aliphatic carbocycles. The number of rotatable bonds is 4. The van der Waals surface area contributed by atoms with E-state index in [9.17, 15) is 0 Å². The first kappa shape index (κ1) is 15.3. The van der Waals surface area contributed by atoms with Gasteiger partial charge < -0.3 is 0 Å². The van der Waals surface area contributed by atoms with E-state index >= 15 is 0 Å². The maximum absolute atomic E-state index is 3.53. The average molecular weight is 331 g/mol. The van der Waals surface area contributed by atoms with Gasteiger partial charge in [-0.25, -0.2) is 0 Å². The van der Waals surface area contributed by atoms with Crippen molar-refractivity contribution in [2.45, 2.75) is 45.4 Å². The van der Waals surface area contributed by atoms with E-state index in [2.05, 4.69) is 85.2 Å². The lowest BCUT2D eigenvalue weighted by Gasteiger charge is -2.19. The Bertz CT molecular complexity index is 547. The number of aryl methyl sites for hydroxylation is 2. The molecular formula is C19H23Br. The number of halogens is 1. The third kappa shape index (κ3) is 4.49. The summed E-state index contributed by atoms with van der Waals surface area (Å²) in [5.74, 6) is 0. The van der Waals surface area contributed by atoms with Crippen LogP contribution in [0.1, 0.15) is 43.9 Å². The van der Waals surface area contributed by atoms with Gasteiger partial charge in [0.15, 0.2) is 0 Å². The minimum Gasteiger partial charge on any atom is -0.0609 e. The molecule has 20 heavy (non-hydrogen) atoms. The summed E-state index contributed by atoms with van der Waals surface area (Å²) in [5, 5.41) is 0. The molecule has 0 saturated carbocycles. The first-order valence-electron chi connectivity index (χ1n) is 7.29. The van der Waals surface area contributed by atoms with Crippen LogP contribution in [-0.2, 0) is 18.3 Å². The second-order valence-corrected chi connectivity index (χ2v) is 7.35. The molecule has 0 saturated heterocycles. The predicted molar refractivity (Wildman–Crippen MR) is 91.3 cm³/mol. The van der Waals surface area contributed by atoms with E-state index in [0.717, 1.165) is 12.8 Å². The first-order chi connectivity index (χ1) is 9.45. The van der Waals surface area contributed by atoms with Crippen LogP contribution in [0.15, 0.2) is 53.0 Å². The smallest absolute Gasteiger partial charge is 0.0177 e. The Morgan fingerprint density at radius 3 is 2.10 bits per heavy atom. The standard InChI is InChI=1S/C19H23Br/c1-19(2,3)17-12-10-15(11-13-17)6-4-7-16-8-5-9-18(20)14-16/h5,8-14H,4,6-7H2,1-3H3. The predicted octanol–water partition coefficient (Wildman–Crippen LogP) is 5.92. The molecule has 0 spiro atoms. The van der Waals surface area contributed by atoms with Crippen molar-refractivity contribution in [1.82, 2.24) is 0 Å². The van der Waals surface area contributed by atoms with Gasteiger partial charge >= 0.3 is 0 Å². The normalized spacial score (nSPS) is 11.6. The Balaban J connectivity index is 1.88. The first-order valence-corrected chi connectivity index (χ1v) is 8.08. The molecule has 0 N–H and O–H groups in total. The Morgan fingerprint density at radius 2 is 1.50 bits per heavy atom. The Kier molecular flexibility index (Phi) is 5.04. The summed E-state index contributed by atoms with van der Waals surface area (Å²) in [6, 6.07) is 17.7. The third-order valence-electron chi connectivity index (χ3n) is 3.64. The summed E-state index contributed by atoms with van der Waals surface area (Å²) in [6.45, 7) is 6.78. The molecule has 0 bridgehead atoms. The minimum absolute atomic E-state index is 0.245. The molecule has 0 unspecified atom stereocenters. The molecule has 2 aromatic carbocycles. The molecule has 0 radical (unpaired) electrons. The highest BCUT2D eigenvalue weighted by Gasteiger charge is 2.12. The average Bonchev–Trinajstić information content (AvgIpc) is 2.38.